The lowest BCUT2D eigenvalue weighted by molar-refractivity contribution is -0.114. The van der Waals surface area contributed by atoms with Gasteiger partial charge in [-0.1, -0.05) is 42.5 Å². The lowest BCUT2D eigenvalue weighted by Crippen LogP contribution is -2.25. The van der Waals surface area contributed by atoms with E-state index in [-0.39, 0.29) is 17.9 Å². The number of carboxylic acids is 1. The number of para-hydroxylation sites is 1. The van der Waals surface area contributed by atoms with E-state index in [9.17, 15) is 22.8 Å². The summed E-state index contributed by atoms with van der Waals surface area (Å²) in [6.45, 7) is 0.176. The molecule has 3 aromatic carbocycles. The number of rotatable bonds is 6. The van der Waals surface area contributed by atoms with Crippen LogP contribution < -0.4 is 9.75 Å². The van der Waals surface area contributed by atoms with Gasteiger partial charge in [-0.05, 0) is 53.6 Å². The molecule has 34 heavy (non-hydrogen) atoms. The SMILES string of the molecule is O=C(O)c1ccc(COc2ccc(/C=C3\C(=O)N(c4ccccc4)N=C3C(F)(F)F)cc2)cc1. The molecule has 1 aliphatic heterocycles. The highest BCUT2D eigenvalue weighted by Gasteiger charge is 2.46. The molecule has 1 heterocycles. The molecule has 0 fully saturated rings. The van der Waals surface area contributed by atoms with E-state index in [1.165, 1.54) is 36.4 Å². The number of alkyl halides is 3. The maximum absolute atomic E-state index is 13.6. The summed E-state index contributed by atoms with van der Waals surface area (Å²) < 4.78 is 46.3. The minimum absolute atomic E-state index is 0.162. The first kappa shape index (κ1) is 22.8. The van der Waals surface area contributed by atoms with Gasteiger partial charge in [-0.2, -0.15) is 23.3 Å². The third-order valence-electron chi connectivity index (χ3n) is 4.94. The van der Waals surface area contributed by atoms with E-state index in [0.29, 0.717) is 11.3 Å². The zero-order valence-corrected chi connectivity index (χ0v) is 17.5. The minimum Gasteiger partial charge on any atom is -0.489 e. The van der Waals surface area contributed by atoms with Crippen LogP contribution in [0.2, 0.25) is 0 Å². The van der Waals surface area contributed by atoms with Crippen molar-refractivity contribution in [2.45, 2.75) is 12.8 Å². The average molecular weight is 466 g/mol. The van der Waals surface area contributed by atoms with E-state index < -0.39 is 29.3 Å². The van der Waals surface area contributed by atoms with E-state index >= 15 is 0 Å². The third kappa shape index (κ3) is 4.98. The van der Waals surface area contributed by atoms with Crippen LogP contribution in [-0.4, -0.2) is 28.9 Å². The molecule has 3 aromatic rings. The first-order valence-corrected chi connectivity index (χ1v) is 10.0. The predicted molar refractivity (Wildman–Crippen MR) is 120 cm³/mol. The van der Waals surface area contributed by atoms with Crippen molar-refractivity contribution in [2.75, 3.05) is 5.01 Å². The standard InChI is InChI=1S/C25H17F3N2O4/c26-25(27,28)22-21(23(31)30(29-22)19-4-2-1-3-5-19)14-16-8-12-20(13-9-16)34-15-17-6-10-18(11-7-17)24(32)33/h1-14H,15H2,(H,32,33)/b21-14-. The smallest absolute Gasteiger partial charge is 0.435 e. The van der Waals surface area contributed by atoms with Gasteiger partial charge in [0.05, 0.1) is 16.8 Å². The number of aromatic carboxylic acids is 1. The summed E-state index contributed by atoms with van der Waals surface area (Å²) in [6.07, 6.45) is -3.66. The van der Waals surface area contributed by atoms with Crippen molar-refractivity contribution in [3.8, 4) is 5.75 Å². The van der Waals surface area contributed by atoms with Crippen LogP contribution in [0.25, 0.3) is 6.08 Å². The molecule has 0 saturated heterocycles. The minimum atomic E-state index is -4.80. The fraction of sp³-hybridized carbons (Fsp3) is 0.0800. The number of carboxylic acid groups (broad SMARTS) is 1. The van der Waals surface area contributed by atoms with Crippen LogP contribution in [0.5, 0.6) is 5.75 Å². The summed E-state index contributed by atoms with van der Waals surface area (Å²) in [5.41, 5.74) is -0.295. The molecule has 1 amide bonds. The number of carbonyl (C=O) groups excluding carboxylic acids is 1. The fourth-order valence-corrected chi connectivity index (χ4v) is 3.24. The highest BCUT2D eigenvalue weighted by atomic mass is 19.4. The summed E-state index contributed by atoms with van der Waals surface area (Å²) in [6, 6.07) is 20.3. The van der Waals surface area contributed by atoms with E-state index in [1.54, 1.807) is 42.5 Å². The van der Waals surface area contributed by atoms with Gasteiger partial charge in [0.1, 0.15) is 12.4 Å². The second-order valence-electron chi connectivity index (χ2n) is 7.32. The Bertz CT molecular complexity index is 1270. The number of benzene rings is 3. The number of halogens is 3. The molecule has 1 N–H and O–H groups in total. The Kier molecular flexibility index (Phi) is 6.18. The maximum atomic E-state index is 13.6. The average Bonchev–Trinajstić information content (AvgIpc) is 3.16. The van der Waals surface area contributed by atoms with Gasteiger partial charge >= 0.3 is 12.1 Å². The van der Waals surface area contributed by atoms with Crippen LogP contribution in [-0.2, 0) is 11.4 Å². The molecular weight excluding hydrogens is 449 g/mol. The Morgan fingerprint density at radius 2 is 1.62 bits per heavy atom. The van der Waals surface area contributed by atoms with Crippen LogP contribution in [0.1, 0.15) is 21.5 Å². The lowest BCUT2D eigenvalue weighted by atomic mass is 10.1. The molecule has 172 valence electrons. The van der Waals surface area contributed by atoms with Crippen LogP contribution in [0, 0.1) is 0 Å². The van der Waals surface area contributed by atoms with Gasteiger partial charge < -0.3 is 9.84 Å². The molecule has 0 spiro atoms. The summed E-state index contributed by atoms with van der Waals surface area (Å²) >= 11 is 0. The van der Waals surface area contributed by atoms with E-state index in [2.05, 4.69) is 5.10 Å². The van der Waals surface area contributed by atoms with Crippen molar-refractivity contribution in [3.05, 3.63) is 101 Å². The highest BCUT2D eigenvalue weighted by molar-refractivity contribution is 6.34. The van der Waals surface area contributed by atoms with Crippen LogP contribution in [0.4, 0.5) is 18.9 Å². The first-order valence-electron chi connectivity index (χ1n) is 10.0. The molecule has 0 bridgehead atoms. The molecule has 0 radical (unpaired) electrons. The van der Waals surface area contributed by atoms with Crippen molar-refractivity contribution >= 4 is 29.4 Å². The van der Waals surface area contributed by atoms with E-state index in [0.717, 1.165) is 16.6 Å². The molecule has 0 saturated carbocycles. The topological polar surface area (TPSA) is 79.2 Å². The van der Waals surface area contributed by atoms with E-state index in [4.69, 9.17) is 9.84 Å². The lowest BCUT2D eigenvalue weighted by Gasteiger charge is -2.11. The van der Waals surface area contributed by atoms with Crippen molar-refractivity contribution < 1.29 is 32.6 Å². The molecule has 1 aliphatic rings. The Hall–Kier alpha value is -4.40. The highest BCUT2D eigenvalue weighted by Crippen LogP contribution is 2.32. The maximum Gasteiger partial charge on any atom is 0.435 e. The number of nitrogens with zero attached hydrogens (tertiary/aromatic N) is 2. The molecule has 0 aromatic heterocycles. The zero-order valence-electron chi connectivity index (χ0n) is 17.5. The zero-order chi connectivity index (χ0) is 24.3. The second-order valence-corrected chi connectivity index (χ2v) is 7.32. The Balaban J connectivity index is 1.51. The predicted octanol–water partition coefficient (Wildman–Crippen LogP) is 5.31. The van der Waals surface area contributed by atoms with Crippen LogP contribution >= 0.6 is 0 Å². The largest absolute Gasteiger partial charge is 0.489 e. The summed E-state index contributed by atoms with van der Waals surface area (Å²) in [7, 11) is 0. The van der Waals surface area contributed by atoms with Gasteiger partial charge in [-0.15, -0.1) is 0 Å². The first-order chi connectivity index (χ1) is 16.2. The summed E-state index contributed by atoms with van der Waals surface area (Å²) in [4.78, 5) is 23.6. The fourth-order valence-electron chi connectivity index (χ4n) is 3.24. The number of carbonyl (C=O) groups is 2. The molecule has 6 nitrogen and oxygen atoms in total. The van der Waals surface area contributed by atoms with Crippen molar-refractivity contribution in [1.29, 1.82) is 0 Å². The molecule has 0 atom stereocenters. The van der Waals surface area contributed by atoms with Gasteiger partial charge in [0.2, 0.25) is 0 Å². The van der Waals surface area contributed by atoms with Crippen LogP contribution in [0.3, 0.4) is 0 Å². The van der Waals surface area contributed by atoms with Crippen molar-refractivity contribution in [1.82, 2.24) is 0 Å². The van der Waals surface area contributed by atoms with Gasteiger partial charge in [-0.25, -0.2) is 4.79 Å². The van der Waals surface area contributed by atoms with Crippen LogP contribution in [0.15, 0.2) is 89.5 Å². The Labute approximate surface area is 192 Å². The Morgan fingerprint density at radius 1 is 0.971 bits per heavy atom. The molecular formula is C25H17F3N2O4. The number of hydrazone groups is 1. The summed E-state index contributed by atoms with van der Waals surface area (Å²) in [5.74, 6) is -1.44. The van der Waals surface area contributed by atoms with Gasteiger partial charge in [0.25, 0.3) is 5.91 Å². The third-order valence-corrected chi connectivity index (χ3v) is 4.94. The molecule has 0 unspecified atom stereocenters. The monoisotopic (exact) mass is 466 g/mol. The number of hydrogen-bond acceptors (Lipinski definition) is 4. The number of anilines is 1. The Morgan fingerprint density at radius 3 is 2.21 bits per heavy atom. The van der Waals surface area contributed by atoms with Crippen molar-refractivity contribution in [2.24, 2.45) is 5.10 Å². The summed E-state index contributed by atoms with van der Waals surface area (Å²) in [5, 5.41) is 13.2. The normalized spacial score (nSPS) is 14.9. The molecule has 0 aliphatic carbocycles. The van der Waals surface area contributed by atoms with Crippen molar-refractivity contribution in [3.63, 3.8) is 0 Å². The number of amides is 1. The number of hydrogen-bond donors (Lipinski definition) is 1. The van der Waals surface area contributed by atoms with Gasteiger partial charge in [0, 0.05) is 0 Å². The number of ether oxygens (including phenoxy) is 1. The quantitative estimate of drug-likeness (QED) is 0.500. The second kappa shape index (κ2) is 9.22. The molecule has 4 rings (SSSR count). The van der Waals surface area contributed by atoms with E-state index in [1.807, 2.05) is 0 Å². The van der Waals surface area contributed by atoms with Gasteiger partial charge in [-0.3, -0.25) is 4.79 Å². The molecule has 9 heteroatoms. The van der Waals surface area contributed by atoms with Gasteiger partial charge in [0.15, 0.2) is 5.71 Å².